The van der Waals surface area contributed by atoms with Crippen molar-refractivity contribution in [2.75, 3.05) is 13.1 Å². The Morgan fingerprint density at radius 1 is 1.31 bits per heavy atom. The lowest BCUT2D eigenvalue weighted by Crippen LogP contribution is -2.42. The molecule has 0 bridgehead atoms. The largest absolute Gasteiger partial charge is 0.343 e. The molecule has 2 heteroatoms. The average Bonchev–Trinajstić information content (AvgIpc) is 2.13. The number of hydrogen-bond donors (Lipinski definition) is 0. The van der Waals surface area contributed by atoms with Crippen molar-refractivity contribution in [1.29, 1.82) is 0 Å². The van der Waals surface area contributed by atoms with Crippen molar-refractivity contribution in [1.82, 2.24) is 4.90 Å². The minimum Gasteiger partial charge on any atom is -0.343 e. The highest BCUT2D eigenvalue weighted by Gasteiger charge is 2.19. The molecule has 0 N–H and O–H groups in total. The summed E-state index contributed by atoms with van der Waals surface area (Å²) in [6.45, 7) is 6.15. The Labute approximate surface area is 97.3 Å². The first-order chi connectivity index (χ1) is 7.66. The predicted octanol–water partition coefficient (Wildman–Crippen LogP) is 2.47. The van der Waals surface area contributed by atoms with Gasteiger partial charge in [-0.3, -0.25) is 4.79 Å². The van der Waals surface area contributed by atoms with E-state index < -0.39 is 0 Å². The van der Waals surface area contributed by atoms with E-state index in [9.17, 15) is 4.79 Å². The first kappa shape index (κ1) is 11.2. The summed E-state index contributed by atoms with van der Waals surface area (Å²) in [5.74, 6) is 0.311. The maximum atomic E-state index is 11.7. The highest BCUT2D eigenvalue weighted by atomic mass is 16.2. The summed E-state index contributed by atoms with van der Waals surface area (Å²) in [5, 5.41) is 0. The lowest BCUT2D eigenvalue weighted by molar-refractivity contribution is -0.134. The molecule has 2 rings (SSSR count). The lowest BCUT2D eigenvalue weighted by Gasteiger charge is -2.31. The molecule has 1 aromatic carbocycles. The number of carbonyl (C=O) groups is 1. The number of carbonyl (C=O) groups excluding carboxylic acids is 1. The van der Waals surface area contributed by atoms with Gasteiger partial charge in [-0.15, -0.1) is 0 Å². The van der Waals surface area contributed by atoms with Crippen molar-refractivity contribution in [3.63, 3.8) is 0 Å². The number of nitrogens with zero attached hydrogens (tertiary/aromatic N) is 1. The molecule has 1 amide bonds. The van der Waals surface area contributed by atoms with Crippen LogP contribution in [-0.2, 0) is 11.2 Å². The average molecular weight is 217 g/mol. The Morgan fingerprint density at radius 2 is 2.06 bits per heavy atom. The molecule has 0 spiro atoms. The second-order valence-corrected chi connectivity index (χ2v) is 4.66. The van der Waals surface area contributed by atoms with Crippen LogP contribution in [-0.4, -0.2) is 23.9 Å². The molecule has 1 aromatic rings. The Hall–Kier alpha value is -1.31. The van der Waals surface area contributed by atoms with Crippen LogP contribution in [0.15, 0.2) is 18.2 Å². The minimum atomic E-state index is 0.311. The molecular formula is C14H19NO. The van der Waals surface area contributed by atoms with Crippen LogP contribution in [0.5, 0.6) is 0 Å². The fraction of sp³-hybridized carbons (Fsp3) is 0.500. The molecule has 16 heavy (non-hydrogen) atoms. The van der Waals surface area contributed by atoms with E-state index in [1.807, 2.05) is 4.90 Å². The zero-order valence-electron chi connectivity index (χ0n) is 10.1. The second kappa shape index (κ2) is 4.69. The van der Waals surface area contributed by atoms with E-state index in [-0.39, 0.29) is 0 Å². The SMILES string of the molecule is Cc1ccc(CCC(=O)N2CCC2)c(C)c1. The molecule has 86 valence electrons. The summed E-state index contributed by atoms with van der Waals surface area (Å²) in [7, 11) is 0. The molecule has 0 saturated carbocycles. The molecule has 1 saturated heterocycles. The maximum Gasteiger partial charge on any atom is 0.222 e. The smallest absolute Gasteiger partial charge is 0.222 e. The van der Waals surface area contributed by atoms with Gasteiger partial charge >= 0.3 is 0 Å². The van der Waals surface area contributed by atoms with Gasteiger partial charge in [0.25, 0.3) is 0 Å². The number of benzene rings is 1. The molecule has 0 atom stereocenters. The topological polar surface area (TPSA) is 20.3 Å². The van der Waals surface area contributed by atoms with Crippen molar-refractivity contribution >= 4 is 5.91 Å². The van der Waals surface area contributed by atoms with Crippen LogP contribution in [0.1, 0.15) is 29.5 Å². The molecule has 0 unspecified atom stereocenters. The summed E-state index contributed by atoms with van der Waals surface area (Å²) in [4.78, 5) is 13.7. The highest BCUT2D eigenvalue weighted by Crippen LogP contribution is 2.14. The Balaban J connectivity index is 1.91. The van der Waals surface area contributed by atoms with Gasteiger partial charge in [-0.25, -0.2) is 0 Å². The zero-order valence-corrected chi connectivity index (χ0v) is 10.1. The molecule has 0 radical (unpaired) electrons. The molecular weight excluding hydrogens is 198 g/mol. The van der Waals surface area contributed by atoms with Gasteiger partial charge in [0.2, 0.25) is 5.91 Å². The van der Waals surface area contributed by atoms with Crippen molar-refractivity contribution in [3.8, 4) is 0 Å². The molecule has 0 aromatic heterocycles. The summed E-state index contributed by atoms with van der Waals surface area (Å²) in [6.07, 6.45) is 2.71. The first-order valence-electron chi connectivity index (χ1n) is 6.01. The van der Waals surface area contributed by atoms with Crippen LogP contribution in [0.4, 0.5) is 0 Å². The van der Waals surface area contributed by atoms with E-state index >= 15 is 0 Å². The summed E-state index contributed by atoms with van der Waals surface area (Å²) in [5.41, 5.74) is 3.89. The van der Waals surface area contributed by atoms with Crippen LogP contribution in [0.25, 0.3) is 0 Å². The normalized spacial score (nSPS) is 14.8. The molecule has 1 aliphatic rings. The van der Waals surface area contributed by atoms with Gasteiger partial charge in [-0.2, -0.15) is 0 Å². The fourth-order valence-electron chi connectivity index (χ4n) is 2.09. The van der Waals surface area contributed by atoms with Crippen LogP contribution >= 0.6 is 0 Å². The highest BCUT2D eigenvalue weighted by molar-refractivity contribution is 5.77. The van der Waals surface area contributed by atoms with Gasteiger partial charge in [-0.05, 0) is 37.8 Å². The van der Waals surface area contributed by atoms with E-state index in [4.69, 9.17) is 0 Å². The Bertz CT molecular complexity index is 394. The third kappa shape index (κ3) is 2.43. The Morgan fingerprint density at radius 3 is 2.62 bits per heavy atom. The van der Waals surface area contributed by atoms with Crippen molar-refractivity contribution in [2.45, 2.75) is 33.1 Å². The molecule has 1 fully saturated rings. The third-order valence-electron chi connectivity index (χ3n) is 3.32. The lowest BCUT2D eigenvalue weighted by atomic mass is 10.0. The molecule has 1 heterocycles. The zero-order chi connectivity index (χ0) is 11.5. The summed E-state index contributed by atoms with van der Waals surface area (Å²) < 4.78 is 0. The second-order valence-electron chi connectivity index (χ2n) is 4.66. The summed E-state index contributed by atoms with van der Waals surface area (Å²) in [6, 6.07) is 6.45. The minimum absolute atomic E-state index is 0.311. The van der Waals surface area contributed by atoms with E-state index in [2.05, 4.69) is 32.0 Å². The van der Waals surface area contributed by atoms with Crippen LogP contribution < -0.4 is 0 Å². The summed E-state index contributed by atoms with van der Waals surface area (Å²) >= 11 is 0. The van der Waals surface area contributed by atoms with Gasteiger partial charge in [0.05, 0.1) is 0 Å². The quantitative estimate of drug-likeness (QED) is 0.761. The standard InChI is InChI=1S/C14H19NO/c1-11-4-5-13(12(2)10-11)6-7-14(16)15-8-3-9-15/h4-5,10H,3,6-9H2,1-2H3. The number of hydrogen-bond acceptors (Lipinski definition) is 1. The third-order valence-corrected chi connectivity index (χ3v) is 3.32. The van der Waals surface area contributed by atoms with E-state index in [1.54, 1.807) is 0 Å². The van der Waals surface area contributed by atoms with Gasteiger partial charge < -0.3 is 4.90 Å². The van der Waals surface area contributed by atoms with Crippen LogP contribution in [0.3, 0.4) is 0 Å². The molecule has 0 aliphatic carbocycles. The maximum absolute atomic E-state index is 11.7. The van der Waals surface area contributed by atoms with E-state index in [0.717, 1.165) is 19.5 Å². The van der Waals surface area contributed by atoms with Gasteiger partial charge in [0.15, 0.2) is 0 Å². The predicted molar refractivity (Wildman–Crippen MR) is 65.4 cm³/mol. The van der Waals surface area contributed by atoms with Gasteiger partial charge in [0, 0.05) is 19.5 Å². The van der Waals surface area contributed by atoms with E-state index in [0.29, 0.717) is 12.3 Å². The first-order valence-corrected chi connectivity index (χ1v) is 6.01. The number of amides is 1. The number of aryl methyl sites for hydroxylation is 3. The fourth-order valence-corrected chi connectivity index (χ4v) is 2.09. The van der Waals surface area contributed by atoms with Crippen molar-refractivity contribution in [2.24, 2.45) is 0 Å². The van der Waals surface area contributed by atoms with Crippen molar-refractivity contribution < 1.29 is 4.79 Å². The molecule has 1 aliphatic heterocycles. The van der Waals surface area contributed by atoms with Crippen LogP contribution in [0.2, 0.25) is 0 Å². The van der Waals surface area contributed by atoms with Crippen molar-refractivity contribution in [3.05, 3.63) is 34.9 Å². The van der Waals surface area contributed by atoms with Crippen LogP contribution in [0, 0.1) is 13.8 Å². The van der Waals surface area contributed by atoms with Gasteiger partial charge in [-0.1, -0.05) is 23.8 Å². The number of rotatable bonds is 3. The molecule has 2 nitrogen and oxygen atoms in total. The van der Waals surface area contributed by atoms with E-state index in [1.165, 1.54) is 23.1 Å². The Kier molecular flexibility index (Phi) is 3.28. The number of likely N-dealkylation sites (tertiary alicyclic amines) is 1. The van der Waals surface area contributed by atoms with Gasteiger partial charge in [0.1, 0.15) is 0 Å². The monoisotopic (exact) mass is 217 g/mol.